The maximum Gasteiger partial charge on any atom is 0.229 e. The van der Waals surface area contributed by atoms with Gasteiger partial charge in [0.15, 0.2) is 0 Å². The Balaban J connectivity index is 1.76. The summed E-state index contributed by atoms with van der Waals surface area (Å²) in [5.74, 6) is 0.671. The lowest BCUT2D eigenvalue weighted by atomic mass is 9.86. The third-order valence-corrected chi connectivity index (χ3v) is 5.87. The molecule has 0 saturated heterocycles. The second-order valence-corrected chi connectivity index (χ2v) is 8.71. The van der Waals surface area contributed by atoms with E-state index in [4.69, 9.17) is 9.13 Å². The fourth-order valence-corrected chi connectivity index (χ4v) is 4.16. The minimum atomic E-state index is -0.664. The summed E-state index contributed by atoms with van der Waals surface area (Å²) in [6, 6.07) is 29.1. The highest BCUT2D eigenvalue weighted by atomic mass is 32.2. The molecular weight excluding hydrogens is 350 g/mol. The van der Waals surface area contributed by atoms with E-state index in [2.05, 4.69) is 57.2 Å². The van der Waals surface area contributed by atoms with E-state index < -0.39 is 4.93 Å². The molecule has 0 saturated carbocycles. The van der Waals surface area contributed by atoms with Crippen molar-refractivity contribution >= 4 is 17.8 Å². The van der Waals surface area contributed by atoms with Crippen LogP contribution in [0.5, 0.6) is 0 Å². The zero-order valence-electron chi connectivity index (χ0n) is 15.8. The molecule has 3 aromatic carbocycles. The van der Waals surface area contributed by atoms with Gasteiger partial charge < -0.3 is 4.74 Å². The predicted molar refractivity (Wildman–Crippen MR) is 114 cm³/mol. The van der Waals surface area contributed by atoms with Crippen LogP contribution in [0, 0.1) is 0 Å². The summed E-state index contributed by atoms with van der Waals surface area (Å²) >= 11 is 1.48. The Bertz CT molecular complexity index is 943. The summed E-state index contributed by atoms with van der Waals surface area (Å²) in [5, 5.41) is 0. The Morgan fingerprint density at radius 1 is 0.741 bits per heavy atom. The van der Waals surface area contributed by atoms with Crippen LogP contribution in [0.4, 0.5) is 0 Å². The molecule has 0 aromatic heterocycles. The van der Waals surface area contributed by atoms with Crippen molar-refractivity contribution in [2.24, 2.45) is 4.40 Å². The third-order valence-electron chi connectivity index (χ3n) is 4.80. The second kappa shape index (κ2) is 6.90. The highest BCUT2D eigenvalue weighted by molar-refractivity contribution is 7.99. The van der Waals surface area contributed by atoms with E-state index in [0.717, 1.165) is 16.7 Å². The topological polar surface area (TPSA) is 21.6 Å². The summed E-state index contributed by atoms with van der Waals surface area (Å²) in [6.45, 7) is 6.69. The number of benzene rings is 3. The third kappa shape index (κ3) is 3.40. The molecule has 27 heavy (non-hydrogen) atoms. The van der Waals surface area contributed by atoms with Gasteiger partial charge in [-0.05, 0) is 23.1 Å². The van der Waals surface area contributed by atoms with Crippen molar-refractivity contribution in [1.29, 1.82) is 0 Å². The first-order valence-electron chi connectivity index (χ1n) is 9.16. The Hall–Kier alpha value is -2.52. The van der Waals surface area contributed by atoms with Gasteiger partial charge in [-0.15, -0.1) is 0 Å². The second-order valence-electron chi connectivity index (χ2n) is 7.77. The van der Waals surface area contributed by atoms with Gasteiger partial charge in [0.2, 0.25) is 10.8 Å². The Labute approximate surface area is 165 Å². The molecule has 1 aliphatic rings. The predicted octanol–water partition coefficient (Wildman–Crippen LogP) is 6.31. The largest absolute Gasteiger partial charge is 0.448 e. The van der Waals surface area contributed by atoms with E-state index in [1.807, 2.05) is 48.5 Å². The van der Waals surface area contributed by atoms with Gasteiger partial charge in [0, 0.05) is 28.6 Å². The number of hydrogen-bond donors (Lipinski definition) is 0. The quantitative estimate of drug-likeness (QED) is 0.502. The Kier molecular flexibility index (Phi) is 4.56. The molecule has 136 valence electrons. The van der Waals surface area contributed by atoms with Crippen molar-refractivity contribution in [3.63, 3.8) is 0 Å². The van der Waals surface area contributed by atoms with Crippen LogP contribution in [0.1, 0.15) is 43.0 Å². The number of ether oxygens (including phenoxy) is 1. The lowest BCUT2D eigenvalue weighted by molar-refractivity contribution is 0.206. The summed E-state index contributed by atoms with van der Waals surface area (Å²) in [6.07, 6.45) is 0. The Morgan fingerprint density at radius 2 is 1.30 bits per heavy atom. The lowest BCUT2D eigenvalue weighted by Crippen LogP contribution is -2.26. The average molecular weight is 374 g/mol. The number of nitrogens with zero attached hydrogens (tertiary/aromatic N) is 1. The van der Waals surface area contributed by atoms with Gasteiger partial charge in [0.25, 0.3) is 0 Å². The van der Waals surface area contributed by atoms with E-state index >= 15 is 0 Å². The van der Waals surface area contributed by atoms with Crippen LogP contribution in [-0.2, 0) is 15.1 Å². The molecule has 2 nitrogen and oxygen atoms in total. The zero-order valence-corrected chi connectivity index (χ0v) is 16.7. The highest BCUT2D eigenvalue weighted by Crippen LogP contribution is 2.49. The smallest absolute Gasteiger partial charge is 0.229 e. The van der Waals surface area contributed by atoms with Gasteiger partial charge >= 0.3 is 0 Å². The fraction of sp³-hybridized carbons (Fsp3) is 0.208. The minimum Gasteiger partial charge on any atom is -0.448 e. The summed E-state index contributed by atoms with van der Waals surface area (Å²) in [4.78, 5) is -0.664. The van der Waals surface area contributed by atoms with Crippen LogP contribution >= 0.6 is 11.9 Å². The van der Waals surface area contributed by atoms with Crippen LogP contribution in [0.3, 0.4) is 0 Å². The van der Waals surface area contributed by atoms with Crippen molar-refractivity contribution in [1.82, 2.24) is 0 Å². The van der Waals surface area contributed by atoms with E-state index in [9.17, 15) is 0 Å². The van der Waals surface area contributed by atoms with Crippen molar-refractivity contribution in [3.05, 3.63) is 107 Å². The standard InChI is InChI=1S/C24H23NOS/c1-23(2,3)19-14-16-21(17-15-19)24(20-12-8-5-9-13-20)26-22(25-27-24)18-10-6-4-7-11-18/h4-17H,1-3H3. The molecule has 3 heteroatoms. The molecule has 3 aromatic rings. The average Bonchev–Trinajstić information content (AvgIpc) is 3.16. The van der Waals surface area contributed by atoms with Gasteiger partial charge in [-0.3, -0.25) is 0 Å². The first kappa shape index (κ1) is 17.9. The number of rotatable bonds is 3. The van der Waals surface area contributed by atoms with E-state index in [0.29, 0.717) is 5.90 Å². The zero-order chi connectivity index (χ0) is 18.9. The van der Waals surface area contributed by atoms with E-state index in [-0.39, 0.29) is 5.41 Å². The van der Waals surface area contributed by atoms with Crippen molar-refractivity contribution in [3.8, 4) is 0 Å². The molecule has 0 aliphatic carbocycles. The van der Waals surface area contributed by atoms with Crippen molar-refractivity contribution in [2.45, 2.75) is 31.1 Å². The normalized spacial score (nSPS) is 19.4. The molecular formula is C24H23NOS. The molecule has 0 radical (unpaired) electrons. The highest BCUT2D eigenvalue weighted by Gasteiger charge is 2.43. The van der Waals surface area contributed by atoms with Crippen LogP contribution in [0.2, 0.25) is 0 Å². The van der Waals surface area contributed by atoms with Gasteiger partial charge in [-0.2, -0.15) is 4.40 Å². The van der Waals surface area contributed by atoms with Gasteiger partial charge in [0.05, 0.1) is 0 Å². The van der Waals surface area contributed by atoms with Crippen LogP contribution in [0.25, 0.3) is 0 Å². The number of hydrogen-bond acceptors (Lipinski definition) is 3. The molecule has 1 heterocycles. The van der Waals surface area contributed by atoms with Gasteiger partial charge in [0.1, 0.15) is 0 Å². The van der Waals surface area contributed by atoms with Crippen LogP contribution < -0.4 is 0 Å². The first-order valence-corrected chi connectivity index (χ1v) is 9.93. The van der Waals surface area contributed by atoms with E-state index in [1.54, 1.807) is 0 Å². The molecule has 0 N–H and O–H groups in total. The molecule has 0 spiro atoms. The maximum absolute atomic E-state index is 6.55. The van der Waals surface area contributed by atoms with Crippen molar-refractivity contribution in [2.75, 3.05) is 0 Å². The molecule has 1 aliphatic heterocycles. The van der Waals surface area contributed by atoms with Gasteiger partial charge in [-0.1, -0.05) is 93.6 Å². The molecule has 4 rings (SSSR count). The summed E-state index contributed by atoms with van der Waals surface area (Å²) < 4.78 is 11.2. The maximum atomic E-state index is 6.55. The SMILES string of the molecule is CC(C)(C)c1ccc(C2(c3ccccc3)OC(c3ccccc3)=NS2)cc1. The molecule has 1 atom stereocenters. The van der Waals surface area contributed by atoms with Crippen molar-refractivity contribution < 1.29 is 4.74 Å². The van der Waals surface area contributed by atoms with Gasteiger partial charge in [-0.25, -0.2) is 0 Å². The van der Waals surface area contributed by atoms with Crippen LogP contribution in [-0.4, -0.2) is 5.90 Å². The monoisotopic (exact) mass is 373 g/mol. The lowest BCUT2D eigenvalue weighted by Gasteiger charge is -2.29. The molecule has 0 amide bonds. The molecule has 0 fully saturated rings. The summed E-state index contributed by atoms with van der Waals surface area (Å²) in [5.41, 5.74) is 4.61. The van der Waals surface area contributed by atoms with Crippen LogP contribution in [0.15, 0.2) is 89.3 Å². The van der Waals surface area contributed by atoms with E-state index in [1.165, 1.54) is 17.5 Å². The summed E-state index contributed by atoms with van der Waals surface area (Å²) in [7, 11) is 0. The Morgan fingerprint density at radius 3 is 1.89 bits per heavy atom. The molecule has 1 unspecified atom stereocenters. The minimum absolute atomic E-state index is 0.119. The first-order chi connectivity index (χ1) is 13.0. The fourth-order valence-electron chi connectivity index (χ4n) is 3.21. The molecule has 0 bridgehead atoms.